The van der Waals surface area contributed by atoms with Crippen LogP contribution < -0.4 is 4.74 Å². The van der Waals surface area contributed by atoms with E-state index in [0.717, 1.165) is 16.8 Å². The minimum atomic E-state index is 0.843. The molecule has 13 heavy (non-hydrogen) atoms. The summed E-state index contributed by atoms with van der Waals surface area (Å²) in [5.41, 5.74) is 0. The summed E-state index contributed by atoms with van der Waals surface area (Å²) in [7, 11) is 1.27. The molecule has 0 aromatic heterocycles. The van der Waals surface area contributed by atoms with Crippen molar-refractivity contribution < 1.29 is 4.74 Å². The maximum absolute atomic E-state index is 5.64. The molecule has 0 heterocycles. The van der Waals surface area contributed by atoms with E-state index in [1.165, 1.54) is 26.3 Å². The number of benzene rings is 1. The zero-order chi connectivity index (χ0) is 9.68. The number of ether oxygens (including phenoxy) is 1. The van der Waals surface area contributed by atoms with E-state index in [9.17, 15) is 0 Å². The first-order chi connectivity index (χ1) is 6.24. The quantitative estimate of drug-likeness (QED) is 0.449. The molecule has 0 aliphatic carbocycles. The van der Waals surface area contributed by atoms with Gasteiger partial charge in [0, 0.05) is 14.7 Å². The largest absolute Gasteiger partial charge is 0.492 e. The number of halogens is 2. The molecule has 0 fully saturated rings. The zero-order valence-corrected chi connectivity index (χ0v) is 13.3. The van der Waals surface area contributed by atoms with Crippen molar-refractivity contribution in [2.24, 2.45) is 0 Å². The highest BCUT2D eigenvalue weighted by molar-refractivity contribution is 14.1. The lowest BCUT2D eigenvalue weighted by molar-refractivity contribution is 0.315. The average Bonchev–Trinajstić information content (AvgIpc) is 2.11. The monoisotopic (exact) mass is 370 g/mol. The standard InChI is InChI=1S/C9H12BrIOSi/c10-7-2-3-8(11)9(6-7)12-4-1-5-13/h2-3,6H,1,4-5H2,13H3. The van der Waals surface area contributed by atoms with E-state index >= 15 is 0 Å². The van der Waals surface area contributed by atoms with Gasteiger partial charge in [-0.2, -0.15) is 0 Å². The van der Waals surface area contributed by atoms with Crippen LogP contribution in [0.4, 0.5) is 0 Å². The molecule has 0 N–H and O–H groups in total. The summed E-state index contributed by atoms with van der Waals surface area (Å²) in [6.45, 7) is 0.843. The fraction of sp³-hybridized carbons (Fsp3) is 0.333. The summed E-state index contributed by atoms with van der Waals surface area (Å²) >= 11 is 5.72. The van der Waals surface area contributed by atoms with Gasteiger partial charge in [0.15, 0.2) is 0 Å². The van der Waals surface area contributed by atoms with Gasteiger partial charge in [-0.15, -0.1) is 0 Å². The molecular formula is C9H12BrIOSi. The van der Waals surface area contributed by atoms with E-state index in [-0.39, 0.29) is 0 Å². The molecule has 0 radical (unpaired) electrons. The maximum Gasteiger partial charge on any atom is 0.133 e. The van der Waals surface area contributed by atoms with Crippen molar-refractivity contribution in [3.8, 4) is 5.75 Å². The molecule has 1 aromatic carbocycles. The van der Waals surface area contributed by atoms with Crippen LogP contribution in [0.2, 0.25) is 6.04 Å². The second-order valence-electron chi connectivity index (χ2n) is 2.78. The van der Waals surface area contributed by atoms with Gasteiger partial charge in [-0.05, 0) is 47.2 Å². The van der Waals surface area contributed by atoms with E-state index in [2.05, 4.69) is 44.6 Å². The molecule has 4 heteroatoms. The van der Waals surface area contributed by atoms with Gasteiger partial charge in [0.05, 0.1) is 10.2 Å². The molecule has 0 amide bonds. The van der Waals surface area contributed by atoms with Crippen molar-refractivity contribution in [2.45, 2.75) is 12.5 Å². The van der Waals surface area contributed by atoms with Gasteiger partial charge in [-0.25, -0.2) is 0 Å². The van der Waals surface area contributed by atoms with Gasteiger partial charge in [0.2, 0.25) is 0 Å². The molecule has 0 bridgehead atoms. The minimum absolute atomic E-state index is 0.843. The fourth-order valence-corrected chi connectivity index (χ4v) is 2.03. The second-order valence-corrected chi connectivity index (χ2v) is 5.85. The lowest BCUT2D eigenvalue weighted by atomic mass is 10.3. The molecule has 72 valence electrons. The molecule has 0 aliphatic rings. The van der Waals surface area contributed by atoms with Gasteiger partial charge < -0.3 is 4.74 Å². The van der Waals surface area contributed by atoms with Gasteiger partial charge in [-0.3, -0.25) is 0 Å². The van der Waals surface area contributed by atoms with Crippen LogP contribution >= 0.6 is 38.5 Å². The van der Waals surface area contributed by atoms with E-state index in [0.29, 0.717) is 0 Å². The SMILES string of the molecule is [SiH3]CCCOc1cc(Br)ccc1I. The van der Waals surface area contributed by atoms with Gasteiger partial charge >= 0.3 is 0 Å². The molecular weight excluding hydrogens is 359 g/mol. The van der Waals surface area contributed by atoms with Crippen molar-refractivity contribution in [3.05, 3.63) is 26.2 Å². The normalized spacial score (nSPS) is 10.3. The van der Waals surface area contributed by atoms with E-state index in [1.54, 1.807) is 0 Å². The summed E-state index contributed by atoms with van der Waals surface area (Å²) in [6, 6.07) is 7.42. The van der Waals surface area contributed by atoms with Crippen LogP contribution in [0, 0.1) is 3.57 Å². The van der Waals surface area contributed by atoms with E-state index < -0.39 is 0 Å². The Hall–Kier alpha value is 0.447. The van der Waals surface area contributed by atoms with Crippen molar-refractivity contribution >= 4 is 48.8 Å². The van der Waals surface area contributed by atoms with Crippen LogP contribution in [0.3, 0.4) is 0 Å². The smallest absolute Gasteiger partial charge is 0.133 e. The molecule has 1 nitrogen and oxygen atoms in total. The van der Waals surface area contributed by atoms with Crippen LogP contribution in [0.25, 0.3) is 0 Å². The third-order valence-corrected chi connectivity index (χ3v) is 3.74. The van der Waals surface area contributed by atoms with Crippen molar-refractivity contribution in [2.75, 3.05) is 6.61 Å². The summed E-state index contributed by atoms with van der Waals surface area (Å²) in [6.07, 6.45) is 1.18. The highest BCUT2D eigenvalue weighted by Gasteiger charge is 2.00. The lowest BCUT2D eigenvalue weighted by Gasteiger charge is -2.07. The Morgan fingerprint density at radius 3 is 2.92 bits per heavy atom. The number of hydrogen-bond acceptors (Lipinski definition) is 1. The van der Waals surface area contributed by atoms with Gasteiger partial charge in [0.1, 0.15) is 5.75 Å². The first kappa shape index (κ1) is 11.5. The number of rotatable bonds is 4. The Bertz CT molecular complexity index is 280. The Morgan fingerprint density at radius 1 is 1.46 bits per heavy atom. The highest BCUT2D eigenvalue weighted by Crippen LogP contribution is 2.25. The van der Waals surface area contributed by atoms with Crippen molar-refractivity contribution in [1.82, 2.24) is 0 Å². The minimum Gasteiger partial charge on any atom is -0.492 e. The van der Waals surface area contributed by atoms with Crippen LogP contribution in [0.1, 0.15) is 6.42 Å². The topological polar surface area (TPSA) is 9.23 Å². The Morgan fingerprint density at radius 2 is 2.23 bits per heavy atom. The molecule has 0 atom stereocenters. The first-order valence-electron chi connectivity index (χ1n) is 4.32. The third kappa shape index (κ3) is 3.99. The highest BCUT2D eigenvalue weighted by atomic mass is 127. The van der Waals surface area contributed by atoms with Crippen LogP contribution in [0.15, 0.2) is 22.7 Å². The van der Waals surface area contributed by atoms with Gasteiger partial charge in [0.25, 0.3) is 0 Å². The van der Waals surface area contributed by atoms with E-state index in [1.807, 2.05) is 12.1 Å². The fourth-order valence-electron chi connectivity index (χ4n) is 0.914. The molecule has 1 rings (SSSR count). The predicted octanol–water partition coefficient (Wildman–Crippen LogP) is 2.61. The van der Waals surface area contributed by atoms with Crippen LogP contribution in [-0.4, -0.2) is 16.8 Å². The van der Waals surface area contributed by atoms with Crippen LogP contribution in [0.5, 0.6) is 5.75 Å². The summed E-state index contributed by atoms with van der Waals surface area (Å²) < 4.78 is 7.90. The molecule has 0 aliphatic heterocycles. The summed E-state index contributed by atoms with van der Waals surface area (Å²) in [4.78, 5) is 0. The molecule has 0 unspecified atom stereocenters. The third-order valence-electron chi connectivity index (χ3n) is 1.65. The molecule has 1 aromatic rings. The maximum atomic E-state index is 5.64. The summed E-state index contributed by atoms with van der Waals surface area (Å²) in [5, 5.41) is 0. The summed E-state index contributed by atoms with van der Waals surface area (Å²) in [5.74, 6) is 0.991. The van der Waals surface area contributed by atoms with Crippen LogP contribution in [-0.2, 0) is 0 Å². The first-order valence-corrected chi connectivity index (χ1v) is 7.60. The zero-order valence-electron chi connectivity index (χ0n) is 7.52. The Kier molecular flexibility index (Phi) is 5.34. The molecule has 0 saturated heterocycles. The Labute approximate surface area is 104 Å². The second kappa shape index (κ2) is 6.03. The lowest BCUT2D eigenvalue weighted by Crippen LogP contribution is -1.98. The van der Waals surface area contributed by atoms with Crippen molar-refractivity contribution in [3.63, 3.8) is 0 Å². The average molecular weight is 371 g/mol. The predicted molar refractivity (Wildman–Crippen MR) is 71.7 cm³/mol. The van der Waals surface area contributed by atoms with E-state index in [4.69, 9.17) is 4.74 Å². The Balaban J connectivity index is 2.59. The molecule has 0 spiro atoms. The van der Waals surface area contributed by atoms with Gasteiger partial charge in [-0.1, -0.05) is 22.0 Å². The molecule has 0 saturated carbocycles. The van der Waals surface area contributed by atoms with Crippen molar-refractivity contribution in [1.29, 1.82) is 0 Å². The number of hydrogen-bond donors (Lipinski definition) is 0.